The monoisotopic (exact) mass is 236 g/mol. The fourth-order valence-electron chi connectivity index (χ4n) is 1.87. The lowest BCUT2D eigenvalue weighted by molar-refractivity contribution is -0.134. The first-order valence-electron chi connectivity index (χ1n) is 5.13. The smallest absolute Gasteiger partial charge is 0.242 e. The molecule has 1 rings (SSSR count). The zero-order chi connectivity index (χ0) is 10.7. The Bertz CT molecular complexity index is 214. The maximum absolute atomic E-state index is 11.8. The number of rotatable bonds is 3. The Morgan fingerprint density at radius 1 is 1.60 bits per heavy atom. The van der Waals surface area contributed by atoms with Crippen molar-refractivity contribution in [3.63, 3.8) is 0 Å². The molecule has 1 amide bonds. The average molecular weight is 237 g/mol. The summed E-state index contributed by atoms with van der Waals surface area (Å²) in [6.07, 6.45) is 1.08. The van der Waals surface area contributed by atoms with Crippen LogP contribution in [-0.4, -0.2) is 43.2 Å². The number of carbonyl (C=O) groups excluding carboxylic acids is 1. The van der Waals surface area contributed by atoms with Crippen LogP contribution in [0.25, 0.3) is 0 Å². The van der Waals surface area contributed by atoms with Gasteiger partial charge in [-0.05, 0) is 19.3 Å². The van der Waals surface area contributed by atoms with Crippen molar-refractivity contribution in [1.82, 2.24) is 4.90 Å². The highest BCUT2D eigenvalue weighted by Crippen LogP contribution is 2.23. The quantitative estimate of drug-likeness (QED) is 0.783. The highest BCUT2D eigenvalue weighted by Gasteiger charge is 2.33. The van der Waals surface area contributed by atoms with Crippen LogP contribution in [-0.2, 0) is 9.53 Å². The van der Waals surface area contributed by atoms with Gasteiger partial charge in [0.1, 0.15) is 6.04 Å². The molecular formula is C10H21ClN2O2. The number of ether oxygens (including phenoxy) is 1. The number of amides is 1. The third kappa shape index (κ3) is 3.33. The van der Waals surface area contributed by atoms with Crippen molar-refractivity contribution in [1.29, 1.82) is 0 Å². The molecular weight excluding hydrogens is 216 g/mol. The molecule has 0 aromatic carbocycles. The van der Waals surface area contributed by atoms with E-state index in [1.807, 2.05) is 4.90 Å². The summed E-state index contributed by atoms with van der Waals surface area (Å²) in [4.78, 5) is 13.7. The summed E-state index contributed by atoms with van der Waals surface area (Å²) >= 11 is 0. The molecule has 1 saturated heterocycles. The fraction of sp³-hybridized carbons (Fsp3) is 0.900. The number of carbonyl (C=O) groups is 1. The number of nitrogens with zero attached hydrogens (tertiary/aromatic N) is 1. The molecule has 0 aliphatic carbocycles. The van der Waals surface area contributed by atoms with Crippen LogP contribution in [0.2, 0.25) is 0 Å². The van der Waals surface area contributed by atoms with Gasteiger partial charge in [0.15, 0.2) is 0 Å². The Balaban J connectivity index is 0.00000196. The van der Waals surface area contributed by atoms with Gasteiger partial charge in [0.05, 0.1) is 6.61 Å². The largest absolute Gasteiger partial charge is 0.383 e. The van der Waals surface area contributed by atoms with Crippen molar-refractivity contribution in [2.45, 2.75) is 32.4 Å². The van der Waals surface area contributed by atoms with Gasteiger partial charge in [0.2, 0.25) is 5.91 Å². The second-order valence-electron chi connectivity index (χ2n) is 4.10. The van der Waals surface area contributed by atoms with Gasteiger partial charge in [-0.2, -0.15) is 0 Å². The third-order valence-electron chi connectivity index (χ3n) is 3.09. The molecule has 1 aliphatic heterocycles. The van der Waals surface area contributed by atoms with Crippen molar-refractivity contribution in [3.05, 3.63) is 0 Å². The number of likely N-dealkylation sites (tertiary alicyclic amines) is 1. The van der Waals surface area contributed by atoms with E-state index >= 15 is 0 Å². The lowest BCUT2D eigenvalue weighted by Crippen LogP contribution is -2.47. The van der Waals surface area contributed by atoms with E-state index in [1.54, 1.807) is 7.11 Å². The summed E-state index contributed by atoms with van der Waals surface area (Å²) in [6.45, 7) is 5.38. The van der Waals surface area contributed by atoms with Gasteiger partial charge in [0, 0.05) is 19.7 Å². The van der Waals surface area contributed by atoms with Crippen LogP contribution in [0.4, 0.5) is 0 Å². The number of nitrogens with two attached hydrogens (primary N) is 1. The van der Waals surface area contributed by atoms with Gasteiger partial charge in [0.25, 0.3) is 0 Å². The van der Waals surface area contributed by atoms with E-state index in [0.29, 0.717) is 18.6 Å². The number of hydrogen-bond donors (Lipinski definition) is 1. The molecule has 3 atom stereocenters. The number of methoxy groups -OCH3 is 1. The minimum Gasteiger partial charge on any atom is -0.383 e. The Morgan fingerprint density at radius 2 is 2.20 bits per heavy atom. The zero-order valence-corrected chi connectivity index (χ0v) is 10.4. The van der Waals surface area contributed by atoms with Crippen molar-refractivity contribution >= 4 is 18.3 Å². The molecule has 2 N–H and O–H groups in total. The first-order valence-corrected chi connectivity index (χ1v) is 5.13. The number of halogens is 1. The van der Waals surface area contributed by atoms with Gasteiger partial charge in [-0.3, -0.25) is 4.79 Å². The van der Waals surface area contributed by atoms with E-state index in [0.717, 1.165) is 13.0 Å². The Kier molecular flexibility index (Phi) is 6.17. The van der Waals surface area contributed by atoms with Crippen LogP contribution in [0.5, 0.6) is 0 Å². The van der Waals surface area contributed by atoms with Crippen molar-refractivity contribution in [2.75, 3.05) is 20.3 Å². The summed E-state index contributed by atoms with van der Waals surface area (Å²) in [5, 5.41) is 0. The molecule has 1 heterocycles. The second-order valence-corrected chi connectivity index (χ2v) is 4.10. The van der Waals surface area contributed by atoms with Crippen LogP contribution in [0.3, 0.4) is 0 Å². The van der Waals surface area contributed by atoms with E-state index < -0.39 is 6.04 Å². The van der Waals surface area contributed by atoms with Crippen molar-refractivity contribution in [3.8, 4) is 0 Å². The zero-order valence-electron chi connectivity index (χ0n) is 9.60. The van der Waals surface area contributed by atoms with Crippen LogP contribution < -0.4 is 5.73 Å². The Morgan fingerprint density at radius 3 is 2.60 bits per heavy atom. The van der Waals surface area contributed by atoms with Gasteiger partial charge < -0.3 is 15.4 Å². The third-order valence-corrected chi connectivity index (χ3v) is 3.09. The van der Waals surface area contributed by atoms with E-state index in [1.165, 1.54) is 0 Å². The molecule has 0 bridgehead atoms. The van der Waals surface area contributed by atoms with E-state index in [-0.39, 0.29) is 18.3 Å². The van der Waals surface area contributed by atoms with Gasteiger partial charge in [-0.25, -0.2) is 0 Å². The van der Waals surface area contributed by atoms with Gasteiger partial charge in [-0.1, -0.05) is 6.92 Å². The summed E-state index contributed by atoms with van der Waals surface area (Å²) in [5.41, 5.74) is 5.70. The lowest BCUT2D eigenvalue weighted by Gasteiger charge is -2.26. The normalized spacial score (nSPS) is 27.3. The van der Waals surface area contributed by atoms with Gasteiger partial charge >= 0.3 is 0 Å². The average Bonchev–Trinajstić information content (AvgIpc) is 2.47. The van der Waals surface area contributed by atoms with E-state index in [2.05, 4.69) is 13.8 Å². The lowest BCUT2D eigenvalue weighted by atomic mass is 10.1. The maximum Gasteiger partial charge on any atom is 0.242 e. The first-order chi connectivity index (χ1) is 6.57. The van der Waals surface area contributed by atoms with E-state index in [4.69, 9.17) is 10.5 Å². The van der Waals surface area contributed by atoms with Crippen LogP contribution >= 0.6 is 12.4 Å². The predicted molar refractivity (Wildman–Crippen MR) is 62.1 cm³/mol. The maximum atomic E-state index is 11.8. The Hall–Kier alpha value is -0.320. The molecule has 90 valence electrons. The summed E-state index contributed by atoms with van der Waals surface area (Å²) < 4.78 is 4.87. The van der Waals surface area contributed by atoms with Crippen molar-refractivity contribution in [2.24, 2.45) is 11.7 Å². The first kappa shape index (κ1) is 14.7. The molecule has 0 aromatic heterocycles. The van der Waals surface area contributed by atoms with Crippen molar-refractivity contribution < 1.29 is 9.53 Å². The van der Waals surface area contributed by atoms with Gasteiger partial charge in [-0.15, -0.1) is 12.4 Å². The molecule has 4 nitrogen and oxygen atoms in total. The Labute approximate surface area is 97.5 Å². The number of hydrogen-bond acceptors (Lipinski definition) is 3. The molecule has 5 heteroatoms. The molecule has 1 aliphatic rings. The standard InChI is InChI=1S/C10H20N2O2.ClH/c1-7-4-5-12(8(7)2)10(13)9(11)6-14-3;/h7-9H,4-6,11H2,1-3H3;1H. The minimum absolute atomic E-state index is 0. The van der Waals surface area contributed by atoms with Crippen LogP contribution in [0.1, 0.15) is 20.3 Å². The summed E-state index contributed by atoms with van der Waals surface area (Å²) in [5.74, 6) is 0.595. The van der Waals surface area contributed by atoms with Crippen LogP contribution in [0.15, 0.2) is 0 Å². The molecule has 0 aromatic rings. The fourth-order valence-corrected chi connectivity index (χ4v) is 1.87. The second kappa shape index (κ2) is 6.30. The molecule has 0 radical (unpaired) electrons. The predicted octanol–water partition coefficient (Wildman–Crippen LogP) is 0.639. The SMILES string of the molecule is COCC(N)C(=O)N1CCC(C)C1C.Cl. The highest BCUT2D eigenvalue weighted by molar-refractivity contribution is 5.85. The molecule has 15 heavy (non-hydrogen) atoms. The van der Waals surface area contributed by atoms with E-state index in [9.17, 15) is 4.79 Å². The highest BCUT2D eigenvalue weighted by atomic mass is 35.5. The topological polar surface area (TPSA) is 55.6 Å². The summed E-state index contributed by atoms with van der Waals surface area (Å²) in [6, 6.07) is -0.196. The minimum atomic E-state index is -0.507. The molecule has 0 spiro atoms. The molecule has 1 fully saturated rings. The van der Waals surface area contributed by atoms with Crippen LogP contribution in [0, 0.1) is 5.92 Å². The molecule has 3 unspecified atom stereocenters. The molecule has 0 saturated carbocycles. The summed E-state index contributed by atoms with van der Waals surface area (Å²) in [7, 11) is 1.56.